The molecular weight excluding hydrogens is 322 g/mol. The molecule has 8 nitrogen and oxygen atoms in total. The normalized spacial score (nSPS) is 15.7. The van der Waals surface area contributed by atoms with Gasteiger partial charge in [-0.3, -0.25) is 9.30 Å². The predicted molar refractivity (Wildman–Crippen MR) is 94.2 cm³/mol. The quantitative estimate of drug-likeness (QED) is 0.744. The van der Waals surface area contributed by atoms with Crippen LogP contribution < -0.4 is 15.2 Å². The molecule has 1 fully saturated rings. The second-order valence-corrected chi connectivity index (χ2v) is 5.92. The molecule has 3 aromatic rings. The molecule has 0 radical (unpaired) electrons. The van der Waals surface area contributed by atoms with E-state index in [0.717, 1.165) is 55.1 Å². The molecule has 1 aliphatic heterocycles. The Morgan fingerprint density at radius 1 is 1.24 bits per heavy atom. The molecule has 0 bridgehead atoms. The van der Waals surface area contributed by atoms with Crippen LogP contribution in [-0.4, -0.2) is 65.8 Å². The lowest BCUT2D eigenvalue weighted by molar-refractivity contribution is 0.0322. The maximum atomic E-state index is 6.02. The number of nitrogens with two attached hydrogens (primary N) is 1. The highest BCUT2D eigenvalue weighted by Gasteiger charge is 2.13. The van der Waals surface area contributed by atoms with Crippen molar-refractivity contribution in [2.24, 2.45) is 0 Å². The van der Waals surface area contributed by atoms with Crippen molar-refractivity contribution in [1.82, 2.24) is 19.3 Å². The number of morpholine rings is 1. The molecule has 3 heterocycles. The number of nitrogens with zero attached hydrogens (tertiary/aromatic N) is 4. The van der Waals surface area contributed by atoms with Crippen LogP contribution in [0.15, 0.2) is 24.4 Å². The average molecular weight is 343 g/mol. The zero-order chi connectivity index (χ0) is 17.2. The van der Waals surface area contributed by atoms with E-state index < -0.39 is 0 Å². The molecule has 0 aliphatic carbocycles. The first-order chi connectivity index (χ1) is 12.3. The van der Waals surface area contributed by atoms with Crippen LogP contribution in [0.4, 0.5) is 5.82 Å². The molecule has 2 aromatic heterocycles. The van der Waals surface area contributed by atoms with Gasteiger partial charge in [-0.05, 0) is 12.1 Å². The Labute approximate surface area is 145 Å². The van der Waals surface area contributed by atoms with Crippen molar-refractivity contribution in [3.05, 3.63) is 24.4 Å². The van der Waals surface area contributed by atoms with E-state index >= 15 is 0 Å². The lowest BCUT2D eigenvalue weighted by atomic mass is 10.2. The Morgan fingerprint density at radius 2 is 2.08 bits per heavy atom. The first-order valence-electron chi connectivity index (χ1n) is 8.30. The first kappa shape index (κ1) is 15.9. The SMILES string of the molecule is COc1ncc2c(N)nc3ccc(OCCN4CCOCC4)cc3n12. The van der Waals surface area contributed by atoms with Crippen LogP contribution in [0.3, 0.4) is 0 Å². The zero-order valence-corrected chi connectivity index (χ0v) is 14.1. The van der Waals surface area contributed by atoms with E-state index in [9.17, 15) is 0 Å². The summed E-state index contributed by atoms with van der Waals surface area (Å²) in [5.41, 5.74) is 8.35. The minimum Gasteiger partial charge on any atom is -0.492 e. The van der Waals surface area contributed by atoms with Crippen LogP contribution >= 0.6 is 0 Å². The number of hydrogen-bond acceptors (Lipinski definition) is 7. The van der Waals surface area contributed by atoms with Crippen molar-refractivity contribution in [1.29, 1.82) is 0 Å². The summed E-state index contributed by atoms with van der Waals surface area (Å²) in [5, 5.41) is 0. The molecule has 0 unspecified atom stereocenters. The van der Waals surface area contributed by atoms with Crippen molar-refractivity contribution in [2.45, 2.75) is 0 Å². The largest absolute Gasteiger partial charge is 0.492 e. The van der Waals surface area contributed by atoms with Crippen LogP contribution in [0.5, 0.6) is 11.8 Å². The smallest absolute Gasteiger partial charge is 0.301 e. The van der Waals surface area contributed by atoms with Crippen molar-refractivity contribution < 1.29 is 14.2 Å². The summed E-state index contributed by atoms with van der Waals surface area (Å²) < 4.78 is 18.5. The van der Waals surface area contributed by atoms with E-state index in [-0.39, 0.29) is 0 Å². The number of benzene rings is 1. The molecule has 8 heteroatoms. The summed E-state index contributed by atoms with van der Waals surface area (Å²) in [6, 6.07) is 6.22. The molecule has 1 aliphatic rings. The van der Waals surface area contributed by atoms with Gasteiger partial charge in [0.25, 0.3) is 0 Å². The number of ether oxygens (including phenoxy) is 3. The number of rotatable bonds is 5. The van der Waals surface area contributed by atoms with E-state index in [2.05, 4.69) is 14.9 Å². The van der Waals surface area contributed by atoms with E-state index in [0.29, 0.717) is 18.4 Å². The molecular formula is C17H21N5O3. The third kappa shape index (κ3) is 3.06. The number of imidazole rings is 1. The number of aromatic nitrogens is 3. The Morgan fingerprint density at radius 3 is 2.88 bits per heavy atom. The highest BCUT2D eigenvalue weighted by molar-refractivity contribution is 5.85. The number of nitrogen functional groups attached to an aromatic ring is 1. The molecule has 1 aromatic carbocycles. The molecule has 1 saturated heterocycles. The molecule has 132 valence electrons. The first-order valence-corrected chi connectivity index (χ1v) is 8.30. The van der Waals surface area contributed by atoms with Crippen molar-refractivity contribution >= 4 is 22.4 Å². The summed E-state index contributed by atoms with van der Waals surface area (Å²) in [5.74, 6) is 1.20. The highest BCUT2D eigenvalue weighted by atomic mass is 16.5. The lowest BCUT2D eigenvalue weighted by Gasteiger charge is -2.26. The minimum absolute atomic E-state index is 0.421. The van der Waals surface area contributed by atoms with Gasteiger partial charge in [0.05, 0.1) is 37.6 Å². The molecule has 25 heavy (non-hydrogen) atoms. The van der Waals surface area contributed by atoms with E-state index in [1.54, 1.807) is 13.3 Å². The molecule has 4 rings (SSSR count). The van der Waals surface area contributed by atoms with Crippen molar-refractivity contribution in [2.75, 3.05) is 52.3 Å². The van der Waals surface area contributed by atoms with E-state index in [1.165, 1.54) is 0 Å². The molecule has 2 N–H and O–H groups in total. The molecule has 0 saturated carbocycles. The summed E-state index contributed by atoms with van der Waals surface area (Å²) in [7, 11) is 1.58. The Bertz CT molecular complexity index is 889. The molecule has 0 spiro atoms. The standard InChI is InChI=1S/C17H21N5O3/c1-23-17-19-11-15-16(18)20-13-3-2-12(10-14(13)22(15)17)25-9-6-21-4-7-24-8-5-21/h2-3,10-11H,4-9H2,1H3,(H2,18,20). The van der Waals surface area contributed by atoms with Gasteiger partial charge in [0, 0.05) is 25.7 Å². The number of methoxy groups -OCH3 is 1. The van der Waals surface area contributed by atoms with Gasteiger partial charge >= 0.3 is 6.01 Å². The van der Waals surface area contributed by atoms with Crippen molar-refractivity contribution in [3.63, 3.8) is 0 Å². The predicted octanol–water partition coefficient (Wildman–Crippen LogP) is 1.18. The Kier molecular flexibility index (Phi) is 4.29. The van der Waals surface area contributed by atoms with Gasteiger partial charge < -0.3 is 19.9 Å². The van der Waals surface area contributed by atoms with Crippen LogP contribution in [-0.2, 0) is 4.74 Å². The van der Waals surface area contributed by atoms with Crippen LogP contribution in [0, 0.1) is 0 Å². The Balaban J connectivity index is 1.59. The van der Waals surface area contributed by atoms with Gasteiger partial charge in [0.2, 0.25) is 0 Å². The number of anilines is 1. The lowest BCUT2D eigenvalue weighted by Crippen LogP contribution is -2.38. The molecule has 0 atom stereocenters. The average Bonchev–Trinajstić information content (AvgIpc) is 3.08. The fourth-order valence-electron chi connectivity index (χ4n) is 3.06. The van der Waals surface area contributed by atoms with E-state index in [1.807, 2.05) is 22.6 Å². The number of fused-ring (bicyclic) bond motifs is 3. The second kappa shape index (κ2) is 6.73. The van der Waals surface area contributed by atoms with E-state index in [4.69, 9.17) is 19.9 Å². The van der Waals surface area contributed by atoms with Crippen LogP contribution in [0.1, 0.15) is 0 Å². The van der Waals surface area contributed by atoms with Crippen molar-refractivity contribution in [3.8, 4) is 11.8 Å². The molecule has 0 amide bonds. The summed E-state index contributed by atoms with van der Waals surface area (Å²) in [4.78, 5) is 11.0. The van der Waals surface area contributed by atoms with Gasteiger partial charge in [0.15, 0.2) is 0 Å². The summed E-state index contributed by atoms with van der Waals surface area (Å²) in [6.45, 7) is 5.00. The van der Waals surface area contributed by atoms with Gasteiger partial charge in [0.1, 0.15) is 23.7 Å². The number of hydrogen-bond donors (Lipinski definition) is 1. The third-order valence-corrected chi connectivity index (χ3v) is 4.38. The van der Waals surface area contributed by atoms with Crippen LogP contribution in [0.2, 0.25) is 0 Å². The topological polar surface area (TPSA) is 87.1 Å². The Hall–Kier alpha value is -2.58. The van der Waals surface area contributed by atoms with Crippen LogP contribution in [0.25, 0.3) is 16.6 Å². The van der Waals surface area contributed by atoms with Gasteiger partial charge in [-0.2, -0.15) is 0 Å². The monoisotopic (exact) mass is 343 g/mol. The maximum Gasteiger partial charge on any atom is 0.301 e. The fraction of sp³-hybridized carbons (Fsp3) is 0.412. The van der Waals surface area contributed by atoms with Gasteiger partial charge in [-0.1, -0.05) is 0 Å². The highest BCUT2D eigenvalue weighted by Crippen LogP contribution is 2.27. The maximum absolute atomic E-state index is 6.02. The van der Waals surface area contributed by atoms with Gasteiger partial charge in [-0.25, -0.2) is 9.97 Å². The van der Waals surface area contributed by atoms with Gasteiger partial charge in [-0.15, -0.1) is 0 Å². The minimum atomic E-state index is 0.421. The summed E-state index contributed by atoms with van der Waals surface area (Å²) in [6.07, 6.45) is 1.66. The fourth-order valence-corrected chi connectivity index (χ4v) is 3.06. The second-order valence-electron chi connectivity index (χ2n) is 5.92. The third-order valence-electron chi connectivity index (χ3n) is 4.38. The summed E-state index contributed by atoms with van der Waals surface area (Å²) >= 11 is 0. The zero-order valence-electron chi connectivity index (χ0n) is 14.1.